The SMILES string of the molecule is CCNC(=O)Cn1ccc(CNCCOC)c1. The lowest BCUT2D eigenvalue weighted by molar-refractivity contribution is -0.121. The highest BCUT2D eigenvalue weighted by molar-refractivity contribution is 5.75. The molecule has 1 aromatic rings. The average Bonchev–Trinajstić information content (AvgIpc) is 2.72. The number of amides is 1. The Labute approximate surface area is 102 Å². The molecule has 1 aromatic heterocycles. The summed E-state index contributed by atoms with van der Waals surface area (Å²) >= 11 is 0. The Bertz CT molecular complexity index is 336. The van der Waals surface area contributed by atoms with Gasteiger partial charge in [0.05, 0.1) is 6.61 Å². The zero-order valence-corrected chi connectivity index (χ0v) is 10.5. The van der Waals surface area contributed by atoms with Gasteiger partial charge in [-0.05, 0) is 18.6 Å². The van der Waals surface area contributed by atoms with Gasteiger partial charge in [-0.3, -0.25) is 4.79 Å². The molecule has 0 saturated heterocycles. The van der Waals surface area contributed by atoms with Crippen molar-refractivity contribution in [1.29, 1.82) is 0 Å². The molecule has 5 heteroatoms. The predicted octanol–water partition coefficient (Wildman–Crippen LogP) is 0.360. The van der Waals surface area contributed by atoms with Crippen molar-refractivity contribution in [3.05, 3.63) is 24.0 Å². The van der Waals surface area contributed by atoms with Gasteiger partial charge in [-0.15, -0.1) is 0 Å². The second-order valence-corrected chi connectivity index (χ2v) is 3.82. The molecule has 0 bridgehead atoms. The molecule has 1 rings (SSSR count). The zero-order chi connectivity index (χ0) is 12.5. The molecular weight excluding hydrogens is 218 g/mol. The van der Waals surface area contributed by atoms with Crippen LogP contribution in [0, 0.1) is 0 Å². The number of hydrogen-bond acceptors (Lipinski definition) is 3. The van der Waals surface area contributed by atoms with E-state index in [9.17, 15) is 4.79 Å². The topological polar surface area (TPSA) is 55.3 Å². The van der Waals surface area contributed by atoms with E-state index in [2.05, 4.69) is 10.6 Å². The third-order valence-corrected chi connectivity index (χ3v) is 2.32. The Morgan fingerprint density at radius 3 is 3.06 bits per heavy atom. The maximum absolute atomic E-state index is 11.4. The van der Waals surface area contributed by atoms with Gasteiger partial charge in [0.15, 0.2) is 0 Å². The smallest absolute Gasteiger partial charge is 0.239 e. The van der Waals surface area contributed by atoms with Crippen molar-refractivity contribution in [2.75, 3.05) is 26.8 Å². The van der Waals surface area contributed by atoms with Crippen LogP contribution in [0.5, 0.6) is 0 Å². The second-order valence-electron chi connectivity index (χ2n) is 3.82. The van der Waals surface area contributed by atoms with E-state index >= 15 is 0 Å². The van der Waals surface area contributed by atoms with Crippen LogP contribution in [0.1, 0.15) is 12.5 Å². The third-order valence-electron chi connectivity index (χ3n) is 2.32. The monoisotopic (exact) mass is 239 g/mol. The van der Waals surface area contributed by atoms with E-state index in [-0.39, 0.29) is 5.91 Å². The standard InChI is InChI=1S/C12H21N3O2/c1-3-14-12(16)10-15-6-4-11(9-15)8-13-5-7-17-2/h4,6,9,13H,3,5,7-8,10H2,1-2H3,(H,14,16). The van der Waals surface area contributed by atoms with Gasteiger partial charge in [0, 0.05) is 39.1 Å². The van der Waals surface area contributed by atoms with Gasteiger partial charge < -0.3 is 19.9 Å². The van der Waals surface area contributed by atoms with Gasteiger partial charge in [0.1, 0.15) is 6.54 Å². The van der Waals surface area contributed by atoms with Gasteiger partial charge >= 0.3 is 0 Å². The van der Waals surface area contributed by atoms with E-state index in [1.54, 1.807) is 7.11 Å². The number of nitrogens with zero attached hydrogens (tertiary/aromatic N) is 1. The van der Waals surface area contributed by atoms with Crippen molar-refractivity contribution in [2.45, 2.75) is 20.0 Å². The molecule has 0 aromatic carbocycles. The first kappa shape index (κ1) is 13.7. The van der Waals surface area contributed by atoms with Crippen LogP contribution in [0.3, 0.4) is 0 Å². The predicted molar refractivity (Wildman–Crippen MR) is 66.7 cm³/mol. The summed E-state index contributed by atoms with van der Waals surface area (Å²) in [6.45, 7) is 5.31. The molecule has 0 radical (unpaired) electrons. The van der Waals surface area contributed by atoms with Crippen molar-refractivity contribution < 1.29 is 9.53 Å². The summed E-state index contributed by atoms with van der Waals surface area (Å²) in [5, 5.41) is 6.03. The van der Waals surface area contributed by atoms with Crippen molar-refractivity contribution >= 4 is 5.91 Å². The molecular formula is C12H21N3O2. The summed E-state index contributed by atoms with van der Waals surface area (Å²) in [6.07, 6.45) is 3.90. The van der Waals surface area contributed by atoms with Crippen molar-refractivity contribution in [1.82, 2.24) is 15.2 Å². The first-order valence-corrected chi connectivity index (χ1v) is 5.87. The van der Waals surface area contributed by atoms with E-state index in [1.807, 2.05) is 30.0 Å². The summed E-state index contributed by atoms with van der Waals surface area (Å²) in [4.78, 5) is 11.4. The minimum atomic E-state index is 0.0435. The molecule has 1 heterocycles. The molecule has 0 fully saturated rings. The van der Waals surface area contributed by atoms with Crippen LogP contribution < -0.4 is 10.6 Å². The number of likely N-dealkylation sites (N-methyl/N-ethyl adjacent to an activating group) is 1. The molecule has 1 amide bonds. The number of rotatable bonds is 8. The summed E-state index contributed by atoms with van der Waals surface area (Å²) in [5.41, 5.74) is 1.17. The number of aromatic nitrogens is 1. The second kappa shape index (κ2) is 7.86. The molecule has 0 spiro atoms. The lowest BCUT2D eigenvalue weighted by atomic mass is 10.3. The Hall–Kier alpha value is -1.33. The van der Waals surface area contributed by atoms with E-state index in [1.165, 1.54) is 5.56 Å². The third kappa shape index (κ3) is 5.51. The number of carbonyl (C=O) groups is 1. The Morgan fingerprint density at radius 2 is 2.35 bits per heavy atom. The van der Waals surface area contributed by atoms with Crippen LogP contribution in [0.25, 0.3) is 0 Å². The Kier molecular flexibility index (Phi) is 6.35. The molecule has 17 heavy (non-hydrogen) atoms. The van der Waals surface area contributed by atoms with Gasteiger partial charge in [-0.2, -0.15) is 0 Å². The molecule has 0 saturated carbocycles. The largest absolute Gasteiger partial charge is 0.383 e. The minimum absolute atomic E-state index is 0.0435. The van der Waals surface area contributed by atoms with Crippen molar-refractivity contribution in [3.63, 3.8) is 0 Å². The summed E-state index contributed by atoms with van der Waals surface area (Å²) in [6, 6.07) is 2.01. The van der Waals surface area contributed by atoms with Crippen LogP contribution in [-0.2, 0) is 22.6 Å². The fourth-order valence-corrected chi connectivity index (χ4v) is 1.52. The molecule has 96 valence electrons. The number of nitrogens with one attached hydrogen (secondary N) is 2. The molecule has 0 unspecified atom stereocenters. The Balaban J connectivity index is 2.29. The summed E-state index contributed by atoms with van der Waals surface area (Å²) in [7, 11) is 1.69. The highest BCUT2D eigenvalue weighted by Crippen LogP contribution is 2.00. The van der Waals surface area contributed by atoms with Gasteiger partial charge in [-0.25, -0.2) is 0 Å². The summed E-state index contributed by atoms with van der Waals surface area (Å²) in [5.74, 6) is 0.0435. The fourth-order valence-electron chi connectivity index (χ4n) is 1.52. The fraction of sp³-hybridized carbons (Fsp3) is 0.583. The number of ether oxygens (including phenoxy) is 1. The molecule has 0 atom stereocenters. The van der Waals surface area contributed by atoms with Crippen LogP contribution >= 0.6 is 0 Å². The van der Waals surface area contributed by atoms with E-state index in [0.29, 0.717) is 19.7 Å². The number of methoxy groups -OCH3 is 1. The van der Waals surface area contributed by atoms with Crippen LogP contribution in [0.2, 0.25) is 0 Å². The Morgan fingerprint density at radius 1 is 1.53 bits per heavy atom. The van der Waals surface area contributed by atoms with Crippen LogP contribution in [0.15, 0.2) is 18.5 Å². The lowest BCUT2D eigenvalue weighted by Crippen LogP contribution is -2.26. The van der Waals surface area contributed by atoms with E-state index in [0.717, 1.165) is 13.1 Å². The number of carbonyl (C=O) groups excluding carboxylic acids is 1. The van der Waals surface area contributed by atoms with Crippen LogP contribution in [0.4, 0.5) is 0 Å². The first-order valence-electron chi connectivity index (χ1n) is 5.87. The molecule has 5 nitrogen and oxygen atoms in total. The average molecular weight is 239 g/mol. The van der Waals surface area contributed by atoms with Crippen molar-refractivity contribution in [2.24, 2.45) is 0 Å². The molecule has 2 N–H and O–H groups in total. The highest BCUT2D eigenvalue weighted by Gasteiger charge is 2.01. The van der Waals surface area contributed by atoms with E-state index in [4.69, 9.17) is 4.74 Å². The summed E-state index contributed by atoms with van der Waals surface area (Å²) < 4.78 is 6.83. The first-order chi connectivity index (χ1) is 8.26. The number of hydrogen-bond donors (Lipinski definition) is 2. The van der Waals surface area contributed by atoms with Crippen molar-refractivity contribution in [3.8, 4) is 0 Å². The quantitative estimate of drug-likeness (QED) is 0.644. The van der Waals surface area contributed by atoms with Gasteiger partial charge in [-0.1, -0.05) is 0 Å². The highest BCUT2D eigenvalue weighted by atomic mass is 16.5. The lowest BCUT2D eigenvalue weighted by Gasteiger charge is -2.03. The van der Waals surface area contributed by atoms with Gasteiger partial charge in [0.25, 0.3) is 0 Å². The van der Waals surface area contributed by atoms with Gasteiger partial charge in [0.2, 0.25) is 5.91 Å². The van der Waals surface area contributed by atoms with Crippen LogP contribution in [-0.4, -0.2) is 37.3 Å². The maximum atomic E-state index is 11.4. The normalized spacial score (nSPS) is 10.5. The maximum Gasteiger partial charge on any atom is 0.239 e. The zero-order valence-electron chi connectivity index (χ0n) is 10.5. The van der Waals surface area contributed by atoms with E-state index < -0.39 is 0 Å². The molecule has 0 aliphatic carbocycles. The molecule has 0 aliphatic heterocycles. The minimum Gasteiger partial charge on any atom is -0.383 e. The molecule has 0 aliphatic rings.